The lowest BCUT2D eigenvalue weighted by Crippen LogP contribution is -2.54. The summed E-state index contributed by atoms with van der Waals surface area (Å²) in [6.45, 7) is 0.155. The third-order valence-corrected chi connectivity index (χ3v) is 6.41. The molecule has 0 bridgehead atoms. The molecule has 16 nitrogen and oxygen atoms in total. The Bertz CT molecular complexity index is 1210. The summed E-state index contributed by atoms with van der Waals surface area (Å²) in [6.07, 6.45) is 0.387. The molecule has 240 valence electrons. The Morgan fingerprint density at radius 2 is 1.52 bits per heavy atom. The van der Waals surface area contributed by atoms with E-state index in [1.54, 1.807) is 37.3 Å². The number of amides is 8. The van der Waals surface area contributed by atoms with Crippen molar-refractivity contribution in [2.45, 2.75) is 63.6 Å². The van der Waals surface area contributed by atoms with Gasteiger partial charge in [0.05, 0.1) is 19.6 Å². The Morgan fingerprint density at radius 1 is 0.864 bits per heavy atom. The zero-order valence-corrected chi connectivity index (χ0v) is 24.5. The minimum atomic E-state index is -1.20. The molecular formula is C28H40N8O8. The average Bonchev–Trinajstić information content (AvgIpc) is 2.98. The van der Waals surface area contributed by atoms with Gasteiger partial charge in [0.25, 0.3) is 0 Å². The van der Waals surface area contributed by atoms with E-state index in [4.69, 9.17) is 5.73 Å². The number of hydrogen-bond donors (Lipinski definition) is 8. The second-order valence-electron chi connectivity index (χ2n) is 10.1. The Balaban J connectivity index is 2.27. The third-order valence-electron chi connectivity index (χ3n) is 6.41. The predicted molar refractivity (Wildman–Crippen MR) is 156 cm³/mol. The van der Waals surface area contributed by atoms with E-state index in [1.165, 1.54) is 0 Å². The van der Waals surface area contributed by atoms with Crippen molar-refractivity contribution in [2.24, 2.45) is 5.73 Å². The van der Waals surface area contributed by atoms with Crippen LogP contribution in [0.15, 0.2) is 30.3 Å². The fourth-order valence-corrected chi connectivity index (χ4v) is 4.18. The first kappa shape index (κ1) is 35.2. The fraction of sp³-hybridized carbons (Fsp3) is 0.500. The molecule has 1 aromatic rings. The lowest BCUT2D eigenvalue weighted by atomic mass is 10.1. The van der Waals surface area contributed by atoms with Crippen LogP contribution in [0.5, 0.6) is 0 Å². The molecule has 1 aliphatic heterocycles. The average molecular weight is 617 g/mol. The van der Waals surface area contributed by atoms with Crippen molar-refractivity contribution in [1.82, 2.24) is 37.2 Å². The van der Waals surface area contributed by atoms with Gasteiger partial charge in [0.2, 0.25) is 47.3 Å². The van der Waals surface area contributed by atoms with Gasteiger partial charge >= 0.3 is 0 Å². The molecule has 0 spiro atoms. The van der Waals surface area contributed by atoms with Gasteiger partial charge in [-0.15, -0.1) is 0 Å². The van der Waals surface area contributed by atoms with Gasteiger partial charge < -0.3 is 43.0 Å². The molecule has 16 heteroatoms. The van der Waals surface area contributed by atoms with Gasteiger partial charge in [-0.1, -0.05) is 37.3 Å². The Labute approximate surface area is 254 Å². The second-order valence-corrected chi connectivity index (χ2v) is 10.1. The zero-order chi connectivity index (χ0) is 32.5. The second kappa shape index (κ2) is 18.5. The van der Waals surface area contributed by atoms with Crippen molar-refractivity contribution < 1.29 is 38.4 Å². The Morgan fingerprint density at radius 3 is 2.18 bits per heavy atom. The Kier molecular flexibility index (Phi) is 14.8. The summed E-state index contributed by atoms with van der Waals surface area (Å²) in [5.74, 6) is -5.30. The molecule has 2 rings (SSSR count). The molecule has 0 unspecified atom stereocenters. The number of benzene rings is 1. The molecule has 1 saturated heterocycles. The molecule has 0 aromatic heterocycles. The number of carbonyl (C=O) groups excluding carboxylic acids is 8. The van der Waals surface area contributed by atoms with Gasteiger partial charge in [-0.05, 0) is 24.8 Å². The molecule has 0 radical (unpaired) electrons. The maximum absolute atomic E-state index is 13.1. The van der Waals surface area contributed by atoms with Crippen LogP contribution in [0.1, 0.15) is 44.6 Å². The smallest absolute Gasteiger partial charge is 0.243 e. The first-order valence-corrected chi connectivity index (χ1v) is 14.3. The number of nitrogens with two attached hydrogens (primary N) is 1. The molecule has 1 aliphatic rings. The predicted octanol–water partition coefficient (Wildman–Crippen LogP) is -3.38. The number of rotatable bonds is 8. The van der Waals surface area contributed by atoms with Crippen molar-refractivity contribution >= 4 is 47.3 Å². The van der Waals surface area contributed by atoms with E-state index in [1.807, 2.05) is 0 Å². The topological polar surface area (TPSA) is 247 Å². The van der Waals surface area contributed by atoms with Crippen molar-refractivity contribution in [2.75, 3.05) is 26.2 Å². The summed E-state index contributed by atoms with van der Waals surface area (Å²) in [5.41, 5.74) is 5.79. The highest BCUT2D eigenvalue weighted by Crippen LogP contribution is 2.05. The summed E-state index contributed by atoms with van der Waals surface area (Å²) in [6, 6.07) is 5.33. The zero-order valence-electron chi connectivity index (χ0n) is 24.5. The van der Waals surface area contributed by atoms with Crippen molar-refractivity contribution in [3.63, 3.8) is 0 Å². The van der Waals surface area contributed by atoms with Crippen LogP contribution in [0.3, 0.4) is 0 Å². The van der Waals surface area contributed by atoms with Gasteiger partial charge in [0.15, 0.2) is 0 Å². The molecule has 3 atom stereocenters. The Hall–Kier alpha value is -5.02. The summed E-state index contributed by atoms with van der Waals surface area (Å²) in [5, 5.41) is 17.3. The molecule has 1 heterocycles. The van der Waals surface area contributed by atoms with Gasteiger partial charge in [0.1, 0.15) is 18.1 Å². The van der Waals surface area contributed by atoms with Gasteiger partial charge in [-0.25, -0.2) is 0 Å². The number of carbonyl (C=O) groups is 8. The highest BCUT2D eigenvalue weighted by molar-refractivity contribution is 5.95. The summed E-state index contributed by atoms with van der Waals surface area (Å²) in [7, 11) is 0. The minimum absolute atomic E-state index is 0.0651. The van der Waals surface area contributed by atoms with E-state index in [0.717, 1.165) is 0 Å². The van der Waals surface area contributed by atoms with Crippen molar-refractivity contribution in [1.29, 1.82) is 0 Å². The molecule has 9 N–H and O–H groups in total. The summed E-state index contributed by atoms with van der Waals surface area (Å²) < 4.78 is 0. The van der Waals surface area contributed by atoms with Crippen LogP contribution in [0.25, 0.3) is 0 Å². The normalized spacial score (nSPS) is 21.0. The van der Waals surface area contributed by atoms with E-state index in [-0.39, 0.29) is 38.6 Å². The summed E-state index contributed by atoms with van der Waals surface area (Å²) >= 11 is 0. The van der Waals surface area contributed by atoms with Crippen LogP contribution >= 0.6 is 0 Å². The van der Waals surface area contributed by atoms with Crippen LogP contribution in [0, 0.1) is 0 Å². The lowest BCUT2D eigenvalue weighted by Gasteiger charge is -2.21. The number of primary amides is 1. The monoisotopic (exact) mass is 616 g/mol. The number of hydrogen-bond acceptors (Lipinski definition) is 8. The minimum Gasteiger partial charge on any atom is -0.368 e. The van der Waals surface area contributed by atoms with Crippen LogP contribution in [0.2, 0.25) is 0 Å². The maximum atomic E-state index is 13.1. The summed E-state index contributed by atoms with van der Waals surface area (Å²) in [4.78, 5) is 99.9. The largest absolute Gasteiger partial charge is 0.368 e. The molecular weight excluding hydrogens is 576 g/mol. The van der Waals surface area contributed by atoms with Gasteiger partial charge in [-0.3, -0.25) is 38.4 Å². The lowest BCUT2D eigenvalue weighted by molar-refractivity contribution is -0.132. The van der Waals surface area contributed by atoms with E-state index >= 15 is 0 Å². The van der Waals surface area contributed by atoms with Crippen LogP contribution < -0.4 is 43.0 Å². The van der Waals surface area contributed by atoms with Gasteiger partial charge in [0, 0.05) is 25.8 Å². The fourth-order valence-electron chi connectivity index (χ4n) is 4.18. The van der Waals surface area contributed by atoms with Crippen LogP contribution in [0.4, 0.5) is 0 Å². The molecule has 44 heavy (non-hydrogen) atoms. The quantitative estimate of drug-likeness (QED) is 0.146. The first-order chi connectivity index (χ1) is 21.0. The van der Waals surface area contributed by atoms with E-state index in [9.17, 15) is 38.4 Å². The molecule has 0 saturated carbocycles. The highest BCUT2D eigenvalue weighted by atomic mass is 16.2. The number of nitrogens with one attached hydrogen (secondary N) is 7. The molecule has 1 aromatic carbocycles. The molecule has 8 amide bonds. The van der Waals surface area contributed by atoms with E-state index in [0.29, 0.717) is 12.0 Å². The van der Waals surface area contributed by atoms with E-state index < -0.39 is 85.0 Å². The first-order valence-electron chi connectivity index (χ1n) is 14.3. The molecule has 0 aliphatic carbocycles. The highest BCUT2D eigenvalue weighted by Gasteiger charge is 2.26. The van der Waals surface area contributed by atoms with Crippen molar-refractivity contribution in [3.05, 3.63) is 35.9 Å². The van der Waals surface area contributed by atoms with E-state index in [2.05, 4.69) is 37.2 Å². The standard InChI is InChI=1S/C28H40N8O8/c1-2-6-23(39)34-18-9-10-22(38)30-12-11-19(27(43)31-14-21(29)37)35-24(40)15-33-28(44)20(13-17-7-4-3-5-8-17)36-25(41)16-32-26(18)42/h3-5,7-8,18-20H,2,6,9-16H2,1H3,(H2,29,37)(H,30,38)(H,31,43)(H,32,42)(H,33,44)(H,34,39)(H,35,40)(H,36,41)/t18-,19-,20+/m0/s1. The molecule has 1 fully saturated rings. The van der Waals surface area contributed by atoms with Gasteiger partial charge in [-0.2, -0.15) is 0 Å². The van der Waals surface area contributed by atoms with Crippen molar-refractivity contribution in [3.8, 4) is 0 Å². The third kappa shape index (κ3) is 13.3. The maximum Gasteiger partial charge on any atom is 0.243 e. The van der Waals surface area contributed by atoms with Crippen LogP contribution in [-0.2, 0) is 44.8 Å². The van der Waals surface area contributed by atoms with Crippen LogP contribution in [-0.4, -0.2) is 91.6 Å². The SMILES string of the molecule is CCCC(=O)N[C@H]1CCC(=O)NCC[C@@H](C(=O)NCC(N)=O)NC(=O)CNC(=O)[C@@H](Cc2ccccc2)NC(=O)CNC1=O.